The number of thiophene rings is 1. The van der Waals surface area contributed by atoms with E-state index in [0.29, 0.717) is 4.88 Å². The first kappa shape index (κ1) is 12.4. The minimum atomic E-state index is -4.73. The number of hydrogen-bond donors (Lipinski definition) is 1. The normalized spacial score (nSPS) is 11.2. The Hall–Kier alpha value is -2.07. The van der Waals surface area contributed by atoms with Gasteiger partial charge < -0.3 is 4.98 Å². The molecule has 0 saturated carbocycles. The summed E-state index contributed by atoms with van der Waals surface area (Å²) in [5.74, 6) is 0. The van der Waals surface area contributed by atoms with E-state index in [1.54, 1.807) is 17.5 Å². The second-order valence-electron chi connectivity index (χ2n) is 3.39. The molecule has 0 radical (unpaired) electrons. The zero-order chi connectivity index (χ0) is 13.3. The van der Waals surface area contributed by atoms with Gasteiger partial charge in [0.1, 0.15) is 11.6 Å². The van der Waals surface area contributed by atoms with Crippen molar-refractivity contribution in [2.24, 2.45) is 0 Å². The van der Waals surface area contributed by atoms with E-state index in [1.165, 1.54) is 17.4 Å². The molecule has 2 aromatic rings. The van der Waals surface area contributed by atoms with Crippen LogP contribution in [-0.4, -0.2) is 4.98 Å². The van der Waals surface area contributed by atoms with E-state index >= 15 is 0 Å². The summed E-state index contributed by atoms with van der Waals surface area (Å²) >= 11 is 1.20. The van der Waals surface area contributed by atoms with Crippen LogP contribution in [-0.2, 0) is 6.18 Å². The van der Waals surface area contributed by atoms with E-state index in [1.807, 2.05) is 0 Å². The summed E-state index contributed by atoms with van der Waals surface area (Å²) in [5.41, 5.74) is -3.10. The van der Waals surface area contributed by atoms with Crippen molar-refractivity contribution in [2.75, 3.05) is 0 Å². The van der Waals surface area contributed by atoms with Crippen LogP contribution in [0.5, 0.6) is 0 Å². The van der Waals surface area contributed by atoms with Crippen LogP contribution < -0.4 is 5.56 Å². The third-order valence-corrected chi connectivity index (χ3v) is 3.14. The molecule has 0 aliphatic heterocycles. The van der Waals surface area contributed by atoms with Crippen molar-refractivity contribution in [1.29, 1.82) is 5.26 Å². The van der Waals surface area contributed by atoms with Crippen molar-refractivity contribution < 1.29 is 13.2 Å². The summed E-state index contributed by atoms with van der Waals surface area (Å²) in [6, 6.07) is 5.31. The van der Waals surface area contributed by atoms with E-state index in [-0.39, 0.29) is 5.69 Å². The zero-order valence-electron chi connectivity index (χ0n) is 8.71. The Bertz CT molecular complexity index is 665. The van der Waals surface area contributed by atoms with Gasteiger partial charge in [0.25, 0.3) is 5.56 Å². The number of nitrogens with zero attached hydrogens (tertiary/aromatic N) is 1. The lowest BCUT2D eigenvalue weighted by Gasteiger charge is -2.09. The number of aromatic amines is 1. The second kappa shape index (κ2) is 4.31. The van der Waals surface area contributed by atoms with E-state index in [2.05, 4.69) is 4.98 Å². The molecule has 0 atom stereocenters. The Balaban J connectivity index is 2.73. The average Bonchev–Trinajstić information content (AvgIpc) is 2.80. The molecule has 0 aliphatic carbocycles. The molecule has 0 aromatic carbocycles. The lowest BCUT2D eigenvalue weighted by Crippen LogP contribution is -2.19. The minimum Gasteiger partial charge on any atom is -0.320 e. The fraction of sp³-hybridized carbons (Fsp3) is 0.0909. The molecule has 2 heterocycles. The predicted molar refractivity (Wildman–Crippen MR) is 60.1 cm³/mol. The molecule has 0 amide bonds. The van der Waals surface area contributed by atoms with Gasteiger partial charge in [0.15, 0.2) is 0 Å². The van der Waals surface area contributed by atoms with Gasteiger partial charge in [-0.2, -0.15) is 18.4 Å². The van der Waals surface area contributed by atoms with Crippen LogP contribution in [0.4, 0.5) is 13.2 Å². The number of nitrogens with one attached hydrogen (secondary N) is 1. The predicted octanol–water partition coefficient (Wildman–Crippen LogP) is 2.99. The Morgan fingerprint density at radius 1 is 1.39 bits per heavy atom. The topological polar surface area (TPSA) is 56.6 Å². The summed E-state index contributed by atoms with van der Waals surface area (Å²) in [5, 5.41) is 10.3. The number of pyridine rings is 1. The highest BCUT2D eigenvalue weighted by atomic mass is 32.1. The van der Waals surface area contributed by atoms with Gasteiger partial charge in [-0.15, -0.1) is 11.3 Å². The van der Waals surface area contributed by atoms with Gasteiger partial charge in [-0.3, -0.25) is 4.79 Å². The fourth-order valence-corrected chi connectivity index (χ4v) is 2.16. The Morgan fingerprint density at radius 2 is 2.11 bits per heavy atom. The van der Waals surface area contributed by atoms with Gasteiger partial charge in [-0.1, -0.05) is 6.07 Å². The molecule has 0 unspecified atom stereocenters. The van der Waals surface area contributed by atoms with Gasteiger partial charge in [-0.25, -0.2) is 0 Å². The molecule has 2 aromatic heterocycles. The highest BCUT2D eigenvalue weighted by Crippen LogP contribution is 2.33. The van der Waals surface area contributed by atoms with Gasteiger partial charge >= 0.3 is 6.18 Å². The van der Waals surface area contributed by atoms with Crippen molar-refractivity contribution in [3.8, 4) is 16.6 Å². The van der Waals surface area contributed by atoms with Gasteiger partial charge in [0.05, 0.1) is 16.1 Å². The second-order valence-corrected chi connectivity index (χ2v) is 4.34. The van der Waals surface area contributed by atoms with E-state index in [4.69, 9.17) is 5.26 Å². The molecule has 7 heteroatoms. The highest BCUT2D eigenvalue weighted by molar-refractivity contribution is 7.13. The van der Waals surface area contributed by atoms with Crippen LogP contribution >= 0.6 is 11.3 Å². The van der Waals surface area contributed by atoms with E-state index in [9.17, 15) is 18.0 Å². The molecule has 0 aliphatic rings. The number of rotatable bonds is 1. The lowest BCUT2D eigenvalue weighted by molar-refractivity contribution is -0.137. The first-order valence-electron chi connectivity index (χ1n) is 4.72. The van der Waals surface area contributed by atoms with Crippen molar-refractivity contribution in [3.63, 3.8) is 0 Å². The molecule has 0 bridgehead atoms. The van der Waals surface area contributed by atoms with Crippen LogP contribution in [0.1, 0.15) is 11.1 Å². The number of aromatic nitrogens is 1. The number of hydrogen-bond acceptors (Lipinski definition) is 3. The first-order chi connectivity index (χ1) is 8.43. The smallest absolute Gasteiger partial charge is 0.320 e. The molecular weight excluding hydrogens is 265 g/mol. The van der Waals surface area contributed by atoms with Crippen LogP contribution in [0, 0.1) is 11.3 Å². The molecule has 92 valence electrons. The Morgan fingerprint density at radius 3 is 2.61 bits per heavy atom. The lowest BCUT2D eigenvalue weighted by atomic mass is 10.1. The SMILES string of the molecule is N#Cc1c(C(F)(F)F)cc(-c2cccs2)[nH]c1=O. The third kappa shape index (κ3) is 2.15. The van der Waals surface area contributed by atoms with Crippen LogP contribution in [0.2, 0.25) is 0 Å². The summed E-state index contributed by atoms with van der Waals surface area (Å²) in [4.78, 5) is 14.2. The van der Waals surface area contributed by atoms with Gasteiger partial charge in [0, 0.05) is 0 Å². The molecule has 1 N–H and O–H groups in total. The fourth-order valence-electron chi connectivity index (χ4n) is 1.46. The summed E-state index contributed by atoms with van der Waals surface area (Å²) in [6.07, 6.45) is -4.73. The molecule has 3 nitrogen and oxygen atoms in total. The van der Waals surface area contributed by atoms with E-state index in [0.717, 1.165) is 6.07 Å². The molecule has 2 rings (SSSR count). The summed E-state index contributed by atoms with van der Waals surface area (Å²) in [7, 11) is 0. The van der Waals surface area contributed by atoms with Crippen LogP contribution in [0.3, 0.4) is 0 Å². The monoisotopic (exact) mass is 270 g/mol. The summed E-state index contributed by atoms with van der Waals surface area (Å²) < 4.78 is 38.2. The first-order valence-corrected chi connectivity index (χ1v) is 5.60. The van der Waals surface area contributed by atoms with Crippen molar-refractivity contribution >= 4 is 11.3 Å². The largest absolute Gasteiger partial charge is 0.417 e. The van der Waals surface area contributed by atoms with Crippen molar-refractivity contribution in [1.82, 2.24) is 4.98 Å². The molecule has 0 saturated heterocycles. The van der Waals surface area contributed by atoms with Crippen molar-refractivity contribution in [3.05, 3.63) is 45.1 Å². The number of nitriles is 1. The zero-order valence-corrected chi connectivity index (χ0v) is 9.52. The number of halogens is 3. The van der Waals surface area contributed by atoms with Gasteiger partial charge in [-0.05, 0) is 17.5 Å². The number of alkyl halides is 3. The molecule has 0 spiro atoms. The minimum absolute atomic E-state index is 0.0568. The van der Waals surface area contributed by atoms with Crippen LogP contribution in [0.15, 0.2) is 28.4 Å². The maximum absolute atomic E-state index is 12.7. The summed E-state index contributed by atoms with van der Waals surface area (Å²) in [6.45, 7) is 0. The van der Waals surface area contributed by atoms with Gasteiger partial charge in [0.2, 0.25) is 0 Å². The maximum Gasteiger partial charge on any atom is 0.417 e. The Kier molecular flexibility index (Phi) is 2.97. The average molecular weight is 270 g/mol. The van der Waals surface area contributed by atoms with Crippen LogP contribution in [0.25, 0.3) is 10.6 Å². The van der Waals surface area contributed by atoms with E-state index < -0.39 is 22.9 Å². The number of H-pyrrole nitrogens is 1. The molecule has 0 fully saturated rings. The standard InChI is InChI=1S/C11H5F3N2OS/c12-11(13,14)7-4-8(9-2-1-3-18-9)16-10(17)6(7)5-15/h1-4H,(H,16,17). The Labute approximate surface area is 103 Å². The maximum atomic E-state index is 12.7. The highest BCUT2D eigenvalue weighted by Gasteiger charge is 2.35. The quantitative estimate of drug-likeness (QED) is 0.866. The molecular formula is C11H5F3N2OS. The van der Waals surface area contributed by atoms with Crippen molar-refractivity contribution in [2.45, 2.75) is 6.18 Å². The third-order valence-electron chi connectivity index (χ3n) is 2.24. The molecule has 18 heavy (non-hydrogen) atoms.